The van der Waals surface area contributed by atoms with Gasteiger partial charge in [0, 0.05) is 0 Å². The molecule has 0 amide bonds. The summed E-state index contributed by atoms with van der Waals surface area (Å²) in [4.78, 5) is 11.6. The van der Waals surface area contributed by atoms with Crippen molar-refractivity contribution in [3.63, 3.8) is 0 Å². The Morgan fingerprint density at radius 1 is 1.36 bits per heavy atom. The lowest BCUT2D eigenvalue weighted by atomic mass is 9.77. The SMILES string of the molecule is CCOC(=O)C(CC)(CC)[C@@H](O)CO. The fourth-order valence-electron chi connectivity index (χ4n) is 1.60. The maximum atomic E-state index is 11.6. The van der Waals surface area contributed by atoms with E-state index in [9.17, 15) is 9.90 Å². The molecule has 0 aliphatic carbocycles. The van der Waals surface area contributed by atoms with Gasteiger partial charge in [0.1, 0.15) is 0 Å². The highest BCUT2D eigenvalue weighted by atomic mass is 16.5. The molecule has 14 heavy (non-hydrogen) atoms. The van der Waals surface area contributed by atoms with Gasteiger partial charge in [-0.15, -0.1) is 0 Å². The molecule has 0 saturated heterocycles. The van der Waals surface area contributed by atoms with Crippen molar-refractivity contribution in [1.29, 1.82) is 0 Å². The number of carbonyl (C=O) groups excluding carboxylic acids is 1. The van der Waals surface area contributed by atoms with E-state index in [4.69, 9.17) is 9.84 Å². The fraction of sp³-hybridized carbons (Fsp3) is 0.900. The zero-order valence-corrected chi connectivity index (χ0v) is 9.12. The number of hydrogen-bond acceptors (Lipinski definition) is 4. The Kier molecular flexibility index (Phi) is 5.72. The quantitative estimate of drug-likeness (QED) is 0.625. The average molecular weight is 204 g/mol. The second-order valence-corrected chi connectivity index (χ2v) is 3.28. The van der Waals surface area contributed by atoms with Gasteiger partial charge in [-0.25, -0.2) is 0 Å². The van der Waals surface area contributed by atoms with Crippen LogP contribution in [0, 0.1) is 5.41 Å². The lowest BCUT2D eigenvalue weighted by Crippen LogP contribution is -2.44. The Labute approximate surface area is 84.9 Å². The fourth-order valence-corrected chi connectivity index (χ4v) is 1.60. The number of rotatable bonds is 6. The zero-order valence-electron chi connectivity index (χ0n) is 9.12. The largest absolute Gasteiger partial charge is 0.465 e. The van der Waals surface area contributed by atoms with Gasteiger partial charge in [-0.1, -0.05) is 13.8 Å². The minimum Gasteiger partial charge on any atom is -0.465 e. The van der Waals surface area contributed by atoms with Crippen LogP contribution in [0.5, 0.6) is 0 Å². The molecule has 0 aliphatic heterocycles. The van der Waals surface area contributed by atoms with Gasteiger partial charge in [0.25, 0.3) is 0 Å². The highest BCUT2D eigenvalue weighted by molar-refractivity contribution is 5.77. The summed E-state index contributed by atoms with van der Waals surface area (Å²) in [7, 11) is 0. The van der Waals surface area contributed by atoms with Gasteiger partial charge < -0.3 is 14.9 Å². The maximum absolute atomic E-state index is 11.6. The molecule has 0 aromatic heterocycles. The third-order valence-electron chi connectivity index (χ3n) is 2.75. The molecule has 4 heteroatoms. The first-order valence-corrected chi connectivity index (χ1v) is 5.05. The number of ether oxygens (including phenoxy) is 1. The van der Waals surface area contributed by atoms with Gasteiger partial charge in [-0.05, 0) is 19.8 Å². The molecule has 0 bridgehead atoms. The van der Waals surface area contributed by atoms with Gasteiger partial charge >= 0.3 is 5.97 Å². The Hall–Kier alpha value is -0.610. The first-order valence-electron chi connectivity index (χ1n) is 5.05. The number of aliphatic hydroxyl groups excluding tert-OH is 2. The summed E-state index contributed by atoms with van der Waals surface area (Å²) in [6.45, 7) is 5.21. The van der Waals surface area contributed by atoms with E-state index < -0.39 is 24.1 Å². The van der Waals surface area contributed by atoms with E-state index in [-0.39, 0.29) is 0 Å². The summed E-state index contributed by atoms with van der Waals surface area (Å²) in [5.74, 6) is -0.424. The van der Waals surface area contributed by atoms with Gasteiger partial charge in [0.2, 0.25) is 0 Å². The van der Waals surface area contributed by atoms with Crippen LogP contribution in [-0.2, 0) is 9.53 Å². The highest BCUT2D eigenvalue weighted by Crippen LogP contribution is 2.32. The van der Waals surface area contributed by atoms with E-state index >= 15 is 0 Å². The molecule has 0 rings (SSSR count). The molecule has 1 atom stereocenters. The molecule has 4 nitrogen and oxygen atoms in total. The third kappa shape index (κ3) is 2.45. The Morgan fingerprint density at radius 3 is 2.14 bits per heavy atom. The van der Waals surface area contributed by atoms with E-state index in [1.54, 1.807) is 20.8 Å². The van der Waals surface area contributed by atoms with E-state index in [1.807, 2.05) is 0 Å². The number of aliphatic hydroxyl groups is 2. The van der Waals surface area contributed by atoms with Crippen molar-refractivity contribution >= 4 is 5.97 Å². The molecule has 0 unspecified atom stereocenters. The average Bonchev–Trinajstić information content (AvgIpc) is 2.20. The molecule has 0 aromatic rings. The van der Waals surface area contributed by atoms with Crippen molar-refractivity contribution in [2.24, 2.45) is 5.41 Å². The topological polar surface area (TPSA) is 66.8 Å². The highest BCUT2D eigenvalue weighted by Gasteiger charge is 2.43. The molecule has 0 spiro atoms. The summed E-state index contributed by atoms with van der Waals surface area (Å²) in [6, 6.07) is 0. The lowest BCUT2D eigenvalue weighted by molar-refractivity contribution is -0.166. The van der Waals surface area contributed by atoms with Crippen molar-refractivity contribution in [3.05, 3.63) is 0 Å². The first-order chi connectivity index (χ1) is 6.58. The van der Waals surface area contributed by atoms with Crippen molar-refractivity contribution < 1.29 is 19.7 Å². The van der Waals surface area contributed by atoms with Gasteiger partial charge in [0.15, 0.2) is 0 Å². The van der Waals surface area contributed by atoms with Crippen LogP contribution in [0.15, 0.2) is 0 Å². The van der Waals surface area contributed by atoms with Crippen LogP contribution in [0.2, 0.25) is 0 Å². The molecular weight excluding hydrogens is 184 g/mol. The van der Waals surface area contributed by atoms with Crippen molar-refractivity contribution in [2.75, 3.05) is 13.2 Å². The standard InChI is InChI=1S/C10H20O4/c1-4-10(5-2,8(12)7-11)9(13)14-6-3/h8,11-12H,4-7H2,1-3H3/t8-/m0/s1. The van der Waals surface area contributed by atoms with Crippen LogP contribution >= 0.6 is 0 Å². The molecule has 2 N–H and O–H groups in total. The maximum Gasteiger partial charge on any atom is 0.314 e. The number of esters is 1. The molecule has 0 saturated carbocycles. The predicted molar refractivity (Wildman–Crippen MR) is 52.7 cm³/mol. The van der Waals surface area contributed by atoms with Crippen LogP contribution in [0.1, 0.15) is 33.6 Å². The first kappa shape index (κ1) is 13.4. The number of carbonyl (C=O) groups is 1. The summed E-state index contributed by atoms with van der Waals surface area (Å²) < 4.78 is 4.90. The summed E-state index contributed by atoms with van der Waals surface area (Å²) in [6.07, 6.45) is -0.120. The molecule has 0 heterocycles. The smallest absolute Gasteiger partial charge is 0.314 e. The minimum atomic E-state index is -1.04. The van der Waals surface area contributed by atoms with Crippen molar-refractivity contribution in [1.82, 2.24) is 0 Å². The van der Waals surface area contributed by atoms with Crippen LogP contribution in [-0.4, -0.2) is 35.5 Å². The Bertz CT molecular complexity index is 175. The molecule has 0 radical (unpaired) electrons. The van der Waals surface area contributed by atoms with Crippen LogP contribution in [0.3, 0.4) is 0 Å². The monoisotopic (exact) mass is 204 g/mol. The third-order valence-corrected chi connectivity index (χ3v) is 2.75. The molecule has 0 fully saturated rings. The van der Waals surface area contributed by atoms with Crippen LogP contribution < -0.4 is 0 Å². The van der Waals surface area contributed by atoms with Gasteiger partial charge in [-0.3, -0.25) is 4.79 Å². The molecule has 0 aliphatic rings. The normalized spacial score (nSPS) is 13.8. The summed E-state index contributed by atoms with van der Waals surface area (Å²) in [5.41, 5.74) is -0.954. The summed E-state index contributed by atoms with van der Waals surface area (Å²) >= 11 is 0. The van der Waals surface area contributed by atoms with Crippen LogP contribution in [0.4, 0.5) is 0 Å². The van der Waals surface area contributed by atoms with E-state index in [2.05, 4.69) is 0 Å². The van der Waals surface area contributed by atoms with Gasteiger partial charge in [0.05, 0.1) is 24.7 Å². The molecular formula is C10H20O4. The second kappa shape index (κ2) is 5.98. The van der Waals surface area contributed by atoms with Crippen LogP contribution in [0.25, 0.3) is 0 Å². The van der Waals surface area contributed by atoms with Crippen molar-refractivity contribution in [2.45, 2.75) is 39.7 Å². The minimum absolute atomic E-state index is 0.290. The van der Waals surface area contributed by atoms with E-state index in [0.29, 0.717) is 19.4 Å². The lowest BCUT2D eigenvalue weighted by Gasteiger charge is -2.32. The van der Waals surface area contributed by atoms with Crippen molar-refractivity contribution in [3.8, 4) is 0 Å². The van der Waals surface area contributed by atoms with Gasteiger partial charge in [-0.2, -0.15) is 0 Å². The Morgan fingerprint density at radius 2 is 1.86 bits per heavy atom. The zero-order chi connectivity index (χ0) is 11.2. The molecule has 84 valence electrons. The Balaban J connectivity index is 4.76. The molecule has 0 aromatic carbocycles. The van der Waals surface area contributed by atoms with E-state index in [1.165, 1.54) is 0 Å². The summed E-state index contributed by atoms with van der Waals surface area (Å²) in [5, 5.41) is 18.5. The predicted octanol–water partition coefficient (Wildman–Crippen LogP) is 0.709. The van der Waals surface area contributed by atoms with E-state index in [0.717, 1.165) is 0 Å². The second-order valence-electron chi connectivity index (χ2n) is 3.28. The number of hydrogen-bond donors (Lipinski definition) is 2.